The van der Waals surface area contributed by atoms with E-state index in [9.17, 15) is 17.7 Å². The zero-order valence-electron chi connectivity index (χ0n) is 14.6. The predicted octanol–water partition coefficient (Wildman–Crippen LogP) is 4.23. The summed E-state index contributed by atoms with van der Waals surface area (Å²) in [5, 5.41) is 0. The molecular formula is C18H15F3O5S3. The van der Waals surface area contributed by atoms with Crippen molar-refractivity contribution in [2.45, 2.75) is 21.1 Å². The highest BCUT2D eigenvalue weighted by atomic mass is 33.2. The van der Waals surface area contributed by atoms with Gasteiger partial charge in [0.25, 0.3) is 9.93 Å². The van der Waals surface area contributed by atoms with Crippen LogP contribution in [-0.2, 0) is 36.0 Å². The van der Waals surface area contributed by atoms with Crippen molar-refractivity contribution in [3.05, 3.63) is 84.8 Å². The Hall–Kier alpha value is -1.92. The Bertz CT molecular complexity index is 923. The van der Waals surface area contributed by atoms with Gasteiger partial charge in [0.05, 0.1) is 6.26 Å². The first kappa shape index (κ1) is 23.4. The Morgan fingerprint density at radius 2 is 1.31 bits per heavy atom. The van der Waals surface area contributed by atoms with Gasteiger partial charge in [0.15, 0.2) is 26.1 Å². The summed E-state index contributed by atoms with van der Waals surface area (Å²) in [7, 11) is -7.61. The zero-order chi connectivity index (χ0) is 21.5. The third-order valence-electron chi connectivity index (χ3n) is 3.22. The average molecular weight is 465 g/mol. The second kappa shape index (κ2) is 10.2. The first-order valence-corrected chi connectivity index (χ1v) is 12.3. The van der Waals surface area contributed by atoms with Crippen molar-refractivity contribution in [3.8, 4) is 0 Å². The smallest absolute Gasteiger partial charge is 0.485 e. The lowest BCUT2D eigenvalue weighted by Gasteiger charge is -2.09. The molecule has 0 spiro atoms. The van der Waals surface area contributed by atoms with E-state index < -0.39 is 35.8 Å². The Labute approximate surface area is 171 Å². The Morgan fingerprint density at radius 1 is 0.862 bits per heavy atom. The van der Waals surface area contributed by atoms with Crippen LogP contribution in [0.25, 0.3) is 0 Å². The minimum absolute atomic E-state index is 0.430. The van der Waals surface area contributed by atoms with Gasteiger partial charge in [0, 0.05) is 0 Å². The van der Waals surface area contributed by atoms with Crippen LogP contribution in [0.3, 0.4) is 0 Å². The molecule has 1 unspecified atom stereocenters. The average Bonchev–Trinajstić information content (AvgIpc) is 3.15. The number of furan rings is 1. The molecule has 3 rings (SSSR count). The molecule has 0 radical (unpaired) electrons. The highest BCUT2D eigenvalue weighted by Crippen LogP contribution is 2.30. The van der Waals surface area contributed by atoms with E-state index in [0.29, 0.717) is 5.75 Å². The fourth-order valence-electron chi connectivity index (χ4n) is 2.01. The SMILES string of the molecule is O=S(=O)([O-])C(F)(F)F.[O-][S+](Cc1ccco1)[S+](c1ccccc1)c1ccccc1. The number of halogens is 3. The van der Waals surface area contributed by atoms with Crippen LogP contribution in [0.1, 0.15) is 5.76 Å². The number of benzene rings is 2. The van der Waals surface area contributed by atoms with Crippen molar-refractivity contribution >= 4 is 30.3 Å². The highest BCUT2D eigenvalue weighted by Gasteiger charge is 2.40. The summed E-state index contributed by atoms with van der Waals surface area (Å²) >= 11 is 0. The normalized spacial score (nSPS) is 12.9. The molecule has 0 aliphatic carbocycles. The van der Waals surface area contributed by atoms with Gasteiger partial charge in [-0.3, -0.25) is 0 Å². The van der Waals surface area contributed by atoms with Crippen molar-refractivity contribution in [1.82, 2.24) is 0 Å². The molecule has 1 aromatic heterocycles. The largest absolute Gasteiger partial charge is 0.741 e. The first-order valence-electron chi connectivity index (χ1n) is 7.87. The summed E-state index contributed by atoms with van der Waals surface area (Å²) in [6.07, 6.45) is 1.62. The summed E-state index contributed by atoms with van der Waals surface area (Å²) in [4.78, 5) is 2.18. The third-order valence-corrected chi connectivity index (χ3v) is 8.71. The number of alkyl halides is 3. The van der Waals surface area contributed by atoms with Crippen molar-refractivity contribution in [2.75, 3.05) is 0 Å². The van der Waals surface area contributed by atoms with E-state index in [1.165, 1.54) is 0 Å². The van der Waals surface area contributed by atoms with Crippen LogP contribution in [0, 0.1) is 0 Å². The van der Waals surface area contributed by atoms with E-state index in [2.05, 4.69) is 0 Å². The van der Waals surface area contributed by atoms with Gasteiger partial charge in [-0.2, -0.15) is 13.2 Å². The molecule has 0 bridgehead atoms. The maximum Gasteiger partial charge on any atom is 0.485 e. The van der Waals surface area contributed by atoms with Crippen molar-refractivity contribution < 1.29 is 35.1 Å². The summed E-state index contributed by atoms with van der Waals surface area (Å²) in [5.41, 5.74) is -5.65. The van der Waals surface area contributed by atoms with Gasteiger partial charge in [0.1, 0.15) is 0 Å². The second-order valence-corrected chi connectivity index (χ2v) is 11.2. The molecule has 1 heterocycles. The third kappa shape index (κ3) is 7.12. The van der Waals surface area contributed by atoms with Gasteiger partial charge in [-0.1, -0.05) is 36.4 Å². The maximum atomic E-state index is 12.9. The van der Waals surface area contributed by atoms with Crippen LogP contribution < -0.4 is 0 Å². The molecule has 0 aliphatic rings. The van der Waals surface area contributed by atoms with Gasteiger partial charge in [-0.05, 0) is 36.4 Å². The van der Waals surface area contributed by atoms with Gasteiger partial charge in [-0.25, -0.2) is 8.42 Å². The molecule has 0 amide bonds. The molecule has 0 saturated carbocycles. The highest BCUT2D eigenvalue weighted by molar-refractivity contribution is 8.69. The monoisotopic (exact) mass is 464 g/mol. The van der Waals surface area contributed by atoms with Crippen LogP contribution in [0.4, 0.5) is 13.2 Å². The fourth-order valence-corrected chi connectivity index (χ4v) is 6.69. The lowest BCUT2D eigenvalue weighted by molar-refractivity contribution is -0.0517. The van der Waals surface area contributed by atoms with E-state index in [-0.39, 0.29) is 0 Å². The predicted molar refractivity (Wildman–Crippen MR) is 103 cm³/mol. The Balaban J connectivity index is 0.000000321. The van der Waals surface area contributed by atoms with E-state index in [4.69, 9.17) is 17.4 Å². The van der Waals surface area contributed by atoms with Crippen LogP contribution in [0.2, 0.25) is 0 Å². The van der Waals surface area contributed by atoms with Gasteiger partial charge in [0.2, 0.25) is 15.5 Å². The summed E-state index contributed by atoms with van der Waals surface area (Å²) in [5.74, 6) is 1.19. The molecule has 29 heavy (non-hydrogen) atoms. The molecule has 0 saturated heterocycles. The van der Waals surface area contributed by atoms with Gasteiger partial charge in [-0.15, -0.1) is 0 Å². The number of rotatable bonds is 5. The topological polar surface area (TPSA) is 93.4 Å². The Kier molecular flexibility index (Phi) is 8.23. The lowest BCUT2D eigenvalue weighted by Crippen LogP contribution is -2.21. The molecule has 3 aromatic rings. The minimum atomic E-state index is -6.09. The van der Waals surface area contributed by atoms with Gasteiger partial charge >= 0.3 is 5.51 Å². The van der Waals surface area contributed by atoms with E-state index in [1.54, 1.807) is 6.26 Å². The van der Waals surface area contributed by atoms with Crippen molar-refractivity contribution in [2.24, 2.45) is 0 Å². The summed E-state index contributed by atoms with van der Waals surface area (Å²) in [6, 6.07) is 23.8. The van der Waals surface area contributed by atoms with E-state index in [0.717, 1.165) is 15.6 Å². The van der Waals surface area contributed by atoms with E-state index >= 15 is 0 Å². The quantitative estimate of drug-likeness (QED) is 0.244. The lowest BCUT2D eigenvalue weighted by atomic mass is 10.4. The van der Waals surface area contributed by atoms with Crippen LogP contribution in [-0.4, -0.2) is 23.0 Å². The van der Waals surface area contributed by atoms with Crippen LogP contribution in [0.5, 0.6) is 0 Å². The molecule has 5 nitrogen and oxygen atoms in total. The molecule has 2 aromatic carbocycles. The maximum absolute atomic E-state index is 12.9. The van der Waals surface area contributed by atoms with Crippen LogP contribution >= 0.6 is 0 Å². The number of hydrogen-bond acceptors (Lipinski definition) is 5. The van der Waals surface area contributed by atoms with Crippen LogP contribution in [0.15, 0.2) is 93.3 Å². The first-order chi connectivity index (χ1) is 13.6. The number of hydrogen-bond donors (Lipinski definition) is 0. The van der Waals surface area contributed by atoms with Crippen molar-refractivity contribution in [3.63, 3.8) is 0 Å². The molecule has 0 fully saturated rings. The fraction of sp³-hybridized carbons (Fsp3) is 0.111. The minimum Gasteiger partial charge on any atom is -0.741 e. The molecule has 0 N–H and O–H groups in total. The summed E-state index contributed by atoms with van der Waals surface area (Å²) in [6.45, 7) is 0. The standard InChI is InChI=1S/C17H15O2S2.CHF3O3S/c18-20(14-15-8-7-13-19-15)21(16-9-3-1-4-10-16)17-11-5-2-6-12-17;2-1(3,4)8(5,6)7/h1-13H,14H2;(H,5,6,7)/q+1;/p-1. The van der Waals surface area contributed by atoms with Gasteiger partial charge < -0.3 is 13.5 Å². The molecule has 0 aliphatic heterocycles. The van der Waals surface area contributed by atoms with Crippen molar-refractivity contribution in [1.29, 1.82) is 0 Å². The Morgan fingerprint density at radius 3 is 1.66 bits per heavy atom. The summed E-state index contributed by atoms with van der Waals surface area (Å²) < 4.78 is 77.1. The van der Waals surface area contributed by atoms with E-state index in [1.807, 2.05) is 72.8 Å². The molecule has 1 atom stereocenters. The second-order valence-electron chi connectivity index (χ2n) is 5.32. The zero-order valence-corrected chi connectivity index (χ0v) is 17.1. The molecule has 11 heteroatoms. The molecular weight excluding hydrogens is 449 g/mol. The molecule has 156 valence electrons.